The predicted molar refractivity (Wildman–Crippen MR) is 137 cm³/mol. The summed E-state index contributed by atoms with van der Waals surface area (Å²) in [5.41, 5.74) is -0.684. The van der Waals surface area contributed by atoms with Gasteiger partial charge in [-0.2, -0.15) is 4.98 Å². The largest absolute Gasteiger partial charge is 0.573 e. The summed E-state index contributed by atoms with van der Waals surface area (Å²) in [6.07, 6.45) is -5.04. The lowest BCUT2D eigenvalue weighted by atomic mass is 10.0. The first-order valence-corrected chi connectivity index (χ1v) is 11.7. The van der Waals surface area contributed by atoms with E-state index in [2.05, 4.69) is 14.7 Å². The molecule has 10 nitrogen and oxygen atoms in total. The maximum Gasteiger partial charge on any atom is 0.573 e. The molecular formula is C27H23F3N4O6. The fraction of sp³-hybridized carbons (Fsp3) is 0.185. The number of hydrogen-bond donors (Lipinski definition) is 2. The molecule has 4 rings (SSSR count). The molecule has 2 N–H and O–H groups in total. The van der Waals surface area contributed by atoms with Gasteiger partial charge in [0.1, 0.15) is 11.4 Å². The zero-order valence-corrected chi connectivity index (χ0v) is 21.2. The van der Waals surface area contributed by atoms with Crippen molar-refractivity contribution in [1.29, 1.82) is 0 Å². The number of pyridine rings is 1. The van der Waals surface area contributed by atoms with E-state index in [1.54, 1.807) is 36.4 Å². The number of aromatic nitrogens is 3. The second kappa shape index (κ2) is 11.8. The van der Waals surface area contributed by atoms with Gasteiger partial charge < -0.3 is 24.1 Å². The van der Waals surface area contributed by atoms with Crippen molar-refractivity contribution >= 4 is 5.91 Å². The average molecular weight is 556 g/mol. The van der Waals surface area contributed by atoms with Crippen LogP contribution in [0.1, 0.15) is 21.6 Å². The highest BCUT2D eigenvalue weighted by molar-refractivity contribution is 5.92. The topological polar surface area (TPSA) is 127 Å². The first-order valence-electron chi connectivity index (χ1n) is 11.7. The van der Waals surface area contributed by atoms with Crippen molar-refractivity contribution in [3.8, 4) is 28.6 Å². The summed E-state index contributed by atoms with van der Waals surface area (Å²) in [7, 11) is 2.77. The molecule has 0 spiro atoms. The zero-order chi connectivity index (χ0) is 28.9. The molecule has 0 saturated carbocycles. The molecule has 0 bridgehead atoms. The number of aromatic amines is 2. The number of benzene rings is 2. The van der Waals surface area contributed by atoms with Gasteiger partial charge in [-0.3, -0.25) is 14.6 Å². The van der Waals surface area contributed by atoms with E-state index in [9.17, 15) is 27.6 Å². The summed E-state index contributed by atoms with van der Waals surface area (Å²) >= 11 is 0. The van der Waals surface area contributed by atoms with Gasteiger partial charge in [0.25, 0.3) is 11.5 Å². The summed E-state index contributed by atoms with van der Waals surface area (Å²) in [6, 6.07) is 16.8. The summed E-state index contributed by atoms with van der Waals surface area (Å²) in [5, 5.41) is 0. The quantitative estimate of drug-likeness (QED) is 0.320. The van der Waals surface area contributed by atoms with Gasteiger partial charge in [-0.05, 0) is 23.3 Å². The Morgan fingerprint density at radius 1 is 0.925 bits per heavy atom. The van der Waals surface area contributed by atoms with Crippen LogP contribution < -0.4 is 25.5 Å². The minimum Gasteiger partial charge on any atom is -0.481 e. The SMILES string of the molecule is COc1ccc(-c2ccc(CN(Cc3ccccc3)C(=O)c3cc(=O)[nH]c(=O)[nH]3)c(OC(F)(F)F)c2)c(OC)n1. The summed E-state index contributed by atoms with van der Waals surface area (Å²) in [6.45, 7) is -0.399. The monoisotopic (exact) mass is 556 g/mol. The molecule has 13 heteroatoms. The lowest BCUT2D eigenvalue weighted by Crippen LogP contribution is -2.34. The molecule has 0 fully saturated rings. The fourth-order valence-electron chi connectivity index (χ4n) is 3.95. The van der Waals surface area contributed by atoms with Crippen LogP contribution in [0.25, 0.3) is 11.1 Å². The third-order valence-corrected chi connectivity index (χ3v) is 5.70. The Balaban J connectivity index is 1.78. The lowest BCUT2D eigenvalue weighted by Gasteiger charge is -2.25. The van der Waals surface area contributed by atoms with Gasteiger partial charge in [0, 0.05) is 29.8 Å². The van der Waals surface area contributed by atoms with Crippen LogP contribution in [-0.4, -0.2) is 46.3 Å². The van der Waals surface area contributed by atoms with Gasteiger partial charge in [0.2, 0.25) is 11.8 Å². The van der Waals surface area contributed by atoms with E-state index >= 15 is 0 Å². The van der Waals surface area contributed by atoms with Gasteiger partial charge in [-0.25, -0.2) is 4.79 Å². The number of rotatable bonds is 9. The lowest BCUT2D eigenvalue weighted by molar-refractivity contribution is -0.274. The molecule has 0 aliphatic rings. The maximum atomic E-state index is 13.5. The van der Waals surface area contributed by atoms with Gasteiger partial charge in [-0.1, -0.05) is 42.5 Å². The van der Waals surface area contributed by atoms with Crippen LogP contribution in [0.4, 0.5) is 13.2 Å². The Bertz CT molecular complexity index is 1590. The molecule has 2 aromatic heterocycles. The fourth-order valence-corrected chi connectivity index (χ4v) is 3.95. The first kappa shape index (κ1) is 28.0. The number of halogens is 3. The number of amides is 1. The van der Waals surface area contributed by atoms with Crippen LogP contribution in [0, 0.1) is 0 Å². The number of carbonyl (C=O) groups excluding carboxylic acids is 1. The number of alkyl halides is 3. The van der Waals surface area contributed by atoms with Crippen molar-refractivity contribution in [2.24, 2.45) is 0 Å². The van der Waals surface area contributed by atoms with E-state index in [0.717, 1.165) is 12.1 Å². The number of nitrogens with one attached hydrogen (secondary N) is 2. The molecule has 0 aliphatic carbocycles. The summed E-state index contributed by atoms with van der Waals surface area (Å²) < 4.78 is 55.1. The zero-order valence-electron chi connectivity index (χ0n) is 21.2. The van der Waals surface area contributed by atoms with E-state index in [1.165, 1.54) is 37.3 Å². The Morgan fingerprint density at radius 2 is 1.68 bits per heavy atom. The van der Waals surface area contributed by atoms with Crippen molar-refractivity contribution in [2.75, 3.05) is 14.2 Å². The van der Waals surface area contributed by atoms with Crippen LogP contribution in [0.3, 0.4) is 0 Å². The average Bonchev–Trinajstić information content (AvgIpc) is 2.92. The highest BCUT2D eigenvalue weighted by atomic mass is 19.4. The Labute approximate surface area is 225 Å². The van der Waals surface area contributed by atoms with Crippen LogP contribution in [0.15, 0.2) is 76.3 Å². The molecule has 0 saturated heterocycles. The smallest absolute Gasteiger partial charge is 0.481 e. The molecule has 2 heterocycles. The molecule has 0 aliphatic heterocycles. The van der Waals surface area contributed by atoms with Crippen LogP contribution >= 0.6 is 0 Å². The van der Waals surface area contributed by atoms with Crippen LogP contribution in [0.2, 0.25) is 0 Å². The van der Waals surface area contributed by atoms with Gasteiger partial charge in [0.05, 0.1) is 20.8 Å². The van der Waals surface area contributed by atoms with Crippen molar-refractivity contribution in [1.82, 2.24) is 19.9 Å². The summed E-state index contributed by atoms with van der Waals surface area (Å²) in [5.74, 6) is -0.982. The van der Waals surface area contributed by atoms with E-state index in [1.807, 2.05) is 4.98 Å². The number of carbonyl (C=O) groups is 1. The number of methoxy groups -OCH3 is 2. The number of H-pyrrole nitrogens is 2. The molecule has 208 valence electrons. The van der Waals surface area contributed by atoms with E-state index in [-0.39, 0.29) is 36.1 Å². The highest BCUT2D eigenvalue weighted by Gasteiger charge is 2.33. The molecule has 1 amide bonds. The summed E-state index contributed by atoms with van der Waals surface area (Å²) in [4.78, 5) is 46.6. The Hall–Kier alpha value is -5.07. The molecule has 0 radical (unpaired) electrons. The van der Waals surface area contributed by atoms with Crippen LogP contribution in [0.5, 0.6) is 17.5 Å². The van der Waals surface area contributed by atoms with Gasteiger partial charge >= 0.3 is 12.1 Å². The number of nitrogens with zero attached hydrogens (tertiary/aromatic N) is 2. The van der Waals surface area contributed by atoms with E-state index in [0.29, 0.717) is 16.7 Å². The Kier molecular flexibility index (Phi) is 8.22. The second-order valence-corrected chi connectivity index (χ2v) is 8.43. The second-order valence-electron chi connectivity index (χ2n) is 8.43. The molecule has 0 atom stereocenters. The van der Waals surface area contributed by atoms with Crippen LogP contribution in [-0.2, 0) is 13.1 Å². The van der Waals surface area contributed by atoms with E-state index in [4.69, 9.17) is 9.47 Å². The predicted octanol–water partition coefficient (Wildman–Crippen LogP) is 3.88. The Morgan fingerprint density at radius 3 is 2.33 bits per heavy atom. The van der Waals surface area contributed by atoms with Crippen molar-refractivity contribution in [3.05, 3.63) is 104 Å². The molecule has 0 unspecified atom stereocenters. The third kappa shape index (κ3) is 6.87. The molecule has 2 aromatic carbocycles. The van der Waals surface area contributed by atoms with Gasteiger partial charge in [-0.15, -0.1) is 13.2 Å². The highest BCUT2D eigenvalue weighted by Crippen LogP contribution is 2.36. The minimum absolute atomic E-state index is 0.0120. The van der Waals surface area contributed by atoms with E-state index < -0.39 is 29.3 Å². The molecular weight excluding hydrogens is 533 g/mol. The van der Waals surface area contributed by atoms with Crippen molar-refractivity contribution in [3.63, 3.8) is 0 Å². The number of hydrogen-bond acceptors (Lipinski definition) is 7. The minimum atomic E-state index is -5.04. The molecule has 4 aromatic rings. The number of ether oxygens (including phenoxy) is 3. The van der Waals surface area contributed by atoms with Crippen molar-refractivity contribution < 1.29 is 32.2 Å². The molecule has 40 heavy (non-hydrogen) atoms. The normalized spacial score (nSPS) is 11.1. The third-order valence-electron chi connectivity index (χ3n) is 5.70. The maximum absolute atomic E-state index is 13.5. The first-order chi connectivity index (χ1) is 19.1. The van der Waals surface area contributed by atoms with Crippen molar-refractivity contribution in [2.45, 2.75) is 19.5 Å². The van der Waals surface area contributed by atoms with Gasteiger partial charge in [0.15, 0.2) is 0 Å². The standard InChI is InChI=1S/C27H23F3N4O6/c1-38-23-11-10-19(24(33-23)39-2)17-8-9-18(21(12-17)40-27(28,29)30)15-34(14-16-6-4-3-5-7-16)25(36)20-13-22(35)32-26(37)31-20/h3-13H,14-15H2,1-2H3,(H2,31,32,35,37).